The fraction of sp³-hybridized carbons (Fsp3) is 0.421. The predicted molar refractivity (Wildman–Crippen MR) is 96.4 cm³/mol. The molecule has 0 unspecified atom stereocenters. The number of rotatable bonds is 5. The number of nitrogens with one attached hydrogen (secondary N) is 2. The normalized spacial score (nSPS) is 14.6. The van der Waals surface area contributed by atoms with Crippen molar-refractivity contribution in [2.24, 2.45) is 0 Å². The molecule has 2 N–H and O–H groups in total. The minimum Gasteiger partial charge on any atom is -0.366 e. The van der Waals surface area contributed by atoms with E-state index in [9.17, 15) is 4.79 Å². The Balaban J connectivity index is 1.69. The molecular weight excluding hydrogens is 300 g/mol. The summed E-state index contributed by atoms with van der Waals surface area (Å²) in [6.45, 7) is 4.07. The van der Waals surface area contributed by atoms with Crippen molar-refractivity contribution >= 4 is 17.4 Å². The topological polar surface area (TPSA) is 66.9 Å². The summed E-state index contributed by atoms with van der Waals surface area (Å²) in [6, 6.07) is 10.1. The maximum absolute atomic E-state index is 12.5. The first-order chi connectivity index (χ1) is 11.7. The molecule has 24 heavy (non-hydrogen) atoms. The third-order valence-corrected chi connectivity index (χ3v) is 4.58. The third-order valence-electron chi connectivity index (χ3n) is 4.58. The molecule has 1 aliphatic rings. The van der Waals surface area contributed by atoms with Crippen molar-refractivity contribution in [1.82, 2.24) is 10.2 Å². The molecule has 3 rings (SSSR count). The molecule has 5 heteroatoms. The Bertz CT molecular complexity index is 706. The van der Waals surface area contributed by atoms with E-state index in [4.69, 9.17) is 0 Å². The van der Waals surface area contributed by atoms with E-state index in [2.05, 4.69) is 27.8 Å². The minimum atomic E-state index is -0.223. The first-order valence-corrected chi connectivity index (χ1v) is 8.67. The van der Waals surface area contributed by atoms with E-state index in [1.165, 1.54) is 25.7 Å². The molecule has 0 bridgehead atoms. The second-order valence-corrected chi connectivity index (χ2v) is 6.35. The highest BCUT2D eigenvalue weighted by atomic mass is 16.1. The number of hydrogen-bond acceptors (Lipinski definition) is 4. The van der Waals surface area contributed by atoms with Gasteiger partial charge in [0.2, 0.25) is 0 Å². The van der Waals surface area contributed by atoms with Gasteiger partial charge in [-0.2, -0.15) is 0 Å². The lowest BCUT2D eigenvalue weighted by Gasteiger charge is -2.13. The number of anilines is 2. The van der Waals surface area contributed by atoms with Crippen LogP contribution >= 0.6 is 0 Å². The quantitative estimate of drug-likeness (QED) is 0.874. The van der Waals surface area contributed by atoms with Gasteiger partial charge in [0.15, 0.2) is 5.69 Å². The number of amides is 1. The molecule has 126 valence electrons. The number of benzene rings is 1. The highest BCUT2D eigenvalue weighted by Gasteiger charge is 2.16. The molecule has 0 spiro atoms. The van der Waals surface area contributed by atoms with Crippen molar-refractivity contribution in [2.75, 3.05) is 10.6 Å². The molecule has 1 aromatic carbocycles. The van der Waals surface area contributed by atoms with Crippen LogP contribution in [0.15, 0.2) is 30.3 Å². The van der Waals surface area contributed by atoms with E-state index in [-0.39, 0.29) is 5.91 Å². The van der Waals surface area contributed by atoms with Gasteiger partial charge in [0.25, 0.3) is 5.91 Å². The lowest BCUT2D eigenvalue weighted by molar-refractivity contribution is 0.102. The molecule has 0 radical (unpaired) electrons. The second kappa shape index (κ2) is 7.43. The Kier molecular flexibility index (Phi) is 5.08. The molecule has 5 nitrogen and oxygen atoms in total. The number of carbonyl (C=O) groups excluding carboxylic acids is 1. The van der Waals surface area contributed by atoms with Crippen LogP contribution in [0.4, 0.5) is 11.5 Å². The fourth-order valence-electron chi connectivity index (χ4n) is 3.19. The maximum Gasteiger partial charge on any atom is 0.276 e. The Morgan fingerprint density at radius 3 is 2.62 bits per heavy atom. The summed E-state index contributed by atoms with van der Waals surface area (Å²) in [5, 5.41) is 14.6. The van der Waals surface area contributed by atoms with Gasteiger partial charge in [-0.05, 0) is 49.4 Å². The van der Waals surface area contributed by atoms with E-state index in [0.717, 1.165) is 29.1 Å². The van der Waals surface area contributed by atoms with Gasteiger partial charge in [-0.15, -0.1) is 10.2 Å². The molecule has 1 amide bonds. The predicted octanol–water partition coefficient (Wildman–Crippen LogP) is 3.95. The molecule has 0 atom stereocenters. The van der Waals surface area contributed by atoms with Crippen LogP contribution in [0.2, 0.25) is 0 Å². The smallest absolute Gasteiger partial charge is 0.276 e. The fourth-order valence-corrected chi connectivity index (χ4v) is 3.19. The Hall–Kier alpha value is -2.43. The molecule has 1 saturated carbocycles. The van der Waals surface area contributed by atoms with Crippen LogP contribution in [0.3, 0.4) is 0 Å². The van der Waals surface area contributed by atoms with E-state index >= 15 is 0 Å². The highest BCUT2D eigenvalue weighted by molar-refractivity contribution is 6.03. The van der Waals surface area contributed by atoms with Gasteiger partial charge < -0.3 is 10.6 Å². The largest absolute Gasteiger partial charge is 0.366 e. The number of aromatic nitrogens is 2. The van der Waals surface area contributed by atoms with Gasteiger partial charge in [-0.1, -0.05) is 38.0 Å². The zero-order valence-corrected chi connectivity index (χ0v) is 14.3. The van der Waals surface area contributed by atoms with Gasteiger partial charge in [-0.3, -0.25) is 4.79 Å². The van der Waals surface area contributed by atoms with Crippen LogP contribution in [0.25, 0.3) is 0 Å². The zero-order valence-electron chi connectivity index (χ0n) is 14.3. The summed E-state index contributed by atoms with van der Waals surface area (Å²) < 4.78 is 0. The number of para-hydroxylation sites is 1. The number of carbonyl (C=O) groups is 1. The Morgan fingerprint density at radius 1 is 1.17 bits per heavy atom. The maximum atomic E-state index is 12.5. The zero-order chi connectivity index (χ0) is 16.9. The van der Waals surface area contributed by atoms with Crippen molar-refractivity contribution in [1.29, 1.82) is 0 Å². The van der Waals surface area contributed by atoms with Gasteiger partial charge in [0.1, 0.15) is 5.82 Å². The lowest BCUT2D eigenvalue weighted by atomic mass is 10.1. The van der Waals surface area contributed by atoms with Crippen LogP contribution in [-0.2, 0) is 6.42 Å². The number of aryl methyl sites for hydroxylation is 2. The average molecular weight is 324 g/mol. The average Bonchev–Trinajstić information content (AvgIpc) is 3.10. The van der Waals surface area contributed by atoms with Crippen molar-refractivity contribution in [3.63, 3.8) is 0 Å². The third kappa shape index (κ3) is 3.72. The molecule has 0 aliphatic heterocycles. The van der Waals surface area contributed by atoms with Crippen LogP contribution in [-0.4, -0.2) is 22.1 Å². The number of hydrogen-bond donors (Lipinski definition) is 2. The summed E-state index contributed by atoms with van der Waals surface area (Å²) in [7, 11) is 0. The molecule has 1 aromatic heterocycles. The van der Waals surface area contributed by atoms with Crippen LogP contribution in [0.5, 0.6) is 0 Å². The Labute approximate surface area is 142 Å². The van der Waals surface area contributed by atoms with E-state index in [1.807, 2.05) is 31.2 Å². The van der Waals surface area contributed by atoms with E-state index in [1.54, 1.807) is 6.07 Å². The first kappa shape index (κ1) is 16.4. The van der Waals surface area contributed by atoms with Crippen molar-refractivity contribution in [2.45, 2.75) is 52.0 Å². The van der Waals surface area contributed by atoms with Gasteiger partial charge in [0.05, 0.1) is 0 Å². The standard InChI is InChI=1S/C19H24N4O/c1-3-14-8-6-7-13(2)18(14)21-19(24)16-11-12-17(23-22-16)20-15-9-4-5-10-15/h6-8,11-12,15H,3-5,9-10H2,1-2H3,(H,20,23)(H,21,24). The molecule has 1 aliphatic carbocycles. The molecule has 1 heterocycles. The summed E-state index contributed by atoms with van der Waals surface area (Å²) >= 11 is 0. The van der Waals surface area contributed by atoms with Crippen molar-refractivity contribution in [3.8, 4) is 0 Å². The van der Waals surface area contributed by atoms with Crippen LogP contribution in [0.1, 0.15) is 54.2 Å². The minimum absolute atomic E-state index is 0.223. The second-order valence-electron chi connectivity index (χ2n) is 6.35. The SMILES string of the molecule is CCc1cccc(C)c1NC(=O)c1ccc(NC2CCCC2)nn1. The molecule has 2 aromatic rings. The molecular formula is C19H24N4O. The van der Waals surface area contributed by atoms with Crippen molar-refractivity contribution < 1.29 is 4.79 Å². The molecule has 0 saturated heterocycles. The van der Waals surface area contributed by atoms with Crippen molar-refractivity contribution in [3.05, 3.63) is 47.2 Å². The van der Waals surface area contributed by atoms with Crippen LogP contribution < -0.4 is 10.6 Å². The highest BCUT2D eigenvalue weighted by Crippen LogP contribution is 2.22. The summed E-state index contributed by atoms with van der Waals surface area (Å²) in [6.07, 6.45) is 5.75. The van der Waals surface area contributed by atoms with Gasteiger partial charge in [-0.25, -0.2) is 0 Å². The first-order valence-electron chi connectivity index (χ1n) is 8.67. The van der Waals surface area contributed by atoms with E-state index in [0.29, 0.717) is 11.7 Å². The summed E-state index contributed by atoms with van der Waals surface area (Å²) in [5.41, 5.74) is 3.38. The Morgan fingerprint density at radius 2 is 1.96 bits per heavy atom. The van der Waals surface area contributed by atoms with Crippen LogP contribution in [0, 0.1) is 6.92 Å². The van der Waals surface area contributed by atoms with Gasteiger partial charge in [0, 0.05) is 11.7 Å². The van der Waals surface area contributed by atoms with E-state index < -0.39 is 0 Å². The number of nitrogens with zero attached hydrogens (tertiary/aromatic N) is 2. The monoisotopic (exact) mass is 324 g/mol. The summed E-state index contributed by atoms with van der Waals surface area (Å²) in [4.78, 5) is 12.5. The van der Waals surface area contributed by atoms with Gasteiger partial charge >= 0.3 is 0 Å². The lowest BCUT2D eigenvalue weighted by Crippen LogP contribution is -2.18. The summed E-state index contributed by atoms with van der Waals surface area (Å²) in [5.74, 6) is 0.516. The molecule has 1 fully saturated rings.